The molecule has 0 unspecified atom stereocenters. The van der Waals surface area contributed by atoms with Crippen LogP contribution in [0.15, 0.2) is 28.8 Å². The molecule has 0 bridgehead atoms. The second-order valence-corrected chi connectivity index (χ2v) is 5.94. The molecule has 0 amide bonds. The maximum absolute atomic E-state index is 5.37. The third kappa shape index (κ3) is 5.28. The third-order valence-corrected chi connectivity index (χ3v) is 4.08. The quantitative estimate of drug-likeness (QED) is 0.537. The van der Waals surface area contributed by atoms with Crippen LogP contribution in [0.2, 0.25) is 0 Å². The molecule has 3 nitrogen and oxygen atoms in total. The van der Waals surface area contributed by atoms with Crippen molar-refractivity contribution in [2.45, 2.75) is 71.6 Å². The van der Waals surface area contributed by atoms with Crippen molar-refractivity contribution in [2.75, 3.05) is 0 Å². The van der Waals surface area contributed by atoms with Gasteiger partial charge in [0.05, 0.1) is 0 Å². The molecule has 0 aliphatic heterocycles. The van der Waals surface area contributed by atoms with Crippen LogP contribution < -0.4 is 0 Å². The van der Waals surface area contributed by atoms with E-state index in [9.17, 15) is 0 Å². The van der Waals surface area contributed by atoms with Gasteiger partial charge in [0, 0.05) is 12.0 Å². The molecule has 2 aromatic rings. The Balaban J connectivity index is 1.74. The van der Waals surface area contributed by atoms with Gasteiger partial charge in [0.25, 0.3) is 5.89 Å². The number of unbranched alkanes of at least 4 members (excludes halogenated alkanes) is 6. The van der Waals surface area contributed by atoms with Gasteiger partial charge in [-0.1, -0.05) is 69.7 Å². The van der Waals surface area contributed by atoms with Crippen molar-refractivity contribution in [1.29, 1.82) is 0 Å². The van der Waals surface area contributed by atoms with E-state index >= 15 is 0 Å². The van der Waals surface area contributed by atoms with Crippen LogP contribution in [0.4, 0.5) is 0 Å². The van der Waals surface area contributed by atoms with E-state index in [2.05, 4.69) is 48.3 Å². The highest BCUT2D eigenvalue weighted by Crippen LogP contribution is 2.18. The van der Waals surface area contributed by atoms with Crippen LogP contribution in [0.25, 0.3) is 11.5 Å². The van der Waals surface area contributed by atoms with Crippen LogP contribution in [0.5, 0.6) is 0 Å². The average molecular weight is 300 g/mol. The molecule has 0 atom stereocenters. The van der Waals surface area contributed by atoms with E-state index in [0.29, 0.717) is 5.89 Å². The van der Waals surface area contributed by atoms with E-state index in [1.807, 2.05) is 0 Å². The van der Waals surface area contributed by atoms with Crippen LogP contribution in [0.1, 0.15) is 70.2 Å². The molecular formula is C19H28N2O. The van der Waals surface area contributed by atoms with E-state index in [4.69, 9.17) is 4.52 Å². The lowest BCUT2D eigenvalue weighted by Gasteiger charge is -1.99. The number of aromatic nitrogens is 2. The second kappa shape index (κ2) is 9.39. The Hall–Kier alpha value is -1.64. The van der Waals surface area contributed by atoms with Crippen LogP contribution in [0.3, 0.4) is 0 Å². The number of aryl methyl sites for hydroxylation is 2. The minimum Gasteiger partial charge on any atom is -0.334 e. The average Bonchev–Trinajstić information content (AvgIpc) is 3.03. The Bertz CT molecular complexity index is 531. The fourth-order valence-electron chi connectivity index (χ4n) is 2.60. The Labute approximate surface area is 134 Å². The van der Waals surface area contributed by atoms with E-state index in [1.54, 1.807) is 0 Å². The summed E-state index contributed by atoms with van der Waals surface area (Å²) >= 11 is 0. The van der Waals surface area contributed by atoms with E-state index in [0.717, 1.165) is 30.7 Å². The minimum absolute atomic E-state index is 0.639. The maximum Gasteiger partial charge on any atom is 0.257 e. The van der Waals surface area contributed by atoms with Gasteiger partial charge in [-0.05, 0) is 30.5 Å². The Morgan fingerprint density at radius 1 is 0.864 bits per heavy atom. The standard InChI is InChI=1S/C19H28N2O/c1-3-5-6-7-8-9-10-11-18-20-19(22-21-18)17-14-12-16(4-2)13-15-17/h12-15H,3-11H2,1-2H3. The van der Waals surface area contributed by atoms with Crippen molar-refractivity contribution in [3.05, 3.63) is 35.7 Å². The monoisotopic (exact) mass is 300 g/mol. The predicted octanol–water partition coefficient (Wildman–Crippen LogP) is 5.59. The van der Waals surface area contributed by atoms with Crippen LogP contribution in [-0.4, -0.2) is 10.1 Å². The van der Waals surface area contributed by atoms with Crippen molar-refractivity contribution in [3.8, 4) is 11.5 Å². The number of hydrogen-bond acceptors (Lipinski definition) is 3. The summed E-state index contributed by atoms with van der Waals surface area (Å²) in [5.74, 6) is 1.48. The molecule has 120 valence electrons. The largest absolute Gasteiger partial charge is 0.334 e. The molecule has 0 N–H and O–H groups in total. The first-order valence-corrected chi connectivity index (χ1v) is 8.75. The highest BCUT2D eigenvalue weighted by molar-refractivity contribution is 5.53. The van der Waals surface area contributed by atoms with Gasteiger partial charge in [-0.2, -0.15) is 4.98 Å². The zero-order chi connectivity index (χ0) is 15.6. The molecule has 0 radical (unpaired) electrons. The summed E-state index contributed by atoms with van der Waals surface area (Å²) in [6, 6.07) is 8.36. The molecule has 2 rings (SSSR count). The summed E-state index contributed by atoms with van der Waals surface area (Å²) < 4.78 is 5.37. The lowest BCUT2D eigenvalue weighted by Crippen LogP contribution is -1.89. The minimum atomic E-state index is 0.639. The SMILES string of the molecule is CCCCCCCCCc1noc(-c2ccc(CC)cc2)n1. The molecule has 22 heavy (non-hydrogen) atoms. The molecule has 3 heteroatoms. The first-order valence-electron chi connectivity index (χ1n) is 8.75. The second-order valence-electron chi connectivity index (χ2n) is 5.94. The normalized spacial score (nSPS) is 11.0. The number of hydrogen-bond donors (Lipinski definition) is 0. The Morgan fingerprint density at radius 2 is 1.55 bits per heavy atom. The number of nitrogens with zero attached hydrogens (tertiary/aromatic N) is 2. The van der Waals surface area contributed by atoms with Crippen LogP contribution in [0, 0.1) is 0 Å². The van der Waals surface area contributed by atoms with E-state index in [1.165, 1.54) is 44.1 Å². The highest BCUT2D eigenvalue weighted by atomic mass is 16.5. The molecule has 1 aromatic carbocycles. The van der Waals surface area contributed by atoms with Gasteiger partial charge in [0.2, 0.25) is 0 Å². The third-order valence-electron chi connectivity index (χ3n) is 4.08. The van der Waals surface area contributed by atoms with Crippen molar-refractivity contribution < 1.29 is 4.52 Å². The molecule has 0 aliphatic rings. The molecule has 0 spiro atoms. The summed E-state index contributed by atoms with van der Waals surface area (Å²) in [6.45, 7) is 4.41. The van der Waals surface area contributed by atoms with E-state index in [-0.39, 0.29) is 0 Å². The molecule has 0 fully saturated rings. The van der Waals surface area contributed by atoms with Gasteiger partial charge in [-0.3, -0.25) is 0 Å². The lowest BCUT2D eigenvalue weighted by atomic mass is 10.1. The summed E-state index contributed by atoms with van der Waals surface area (Å²) in [5.41, 5.74) is 2.34. The predicted molar refractivity (Wildman–Crippen MR) is 90.8 cm³/mol. The lowest BCUT2D eigenvalue weighted by molar-refractivity contribution is 0.421. The van der Waals surface area contributed by atoms with Crippen LogP contribution in [-0.2, 0) is 12.8 Å². The number of rotatable bonds is 10. The van der Waals surface area contributed by atoms with Gasteiger partial charge < -0.3 is 4.52 Å². The van der Waals surface area contributed by atoms with Crippen molar-refractivity contribution >= 4 is 0 Å². The van der Waals surface area contributed by atoms with Gasteiger partial charge in [-0.25, -0.2) is 0 Å². The fourth-order valence-corrected chi connectivity index (χ4v) is 2.60. The maximum atomic E-state index is 5.37. The first kappa shape index (κ1) is 16.7. The zero-order valence-electron chi connectivity index (χ0n) is 14.0. The zero-order valence-corrected chi connectivity index (χ0v) is 14.0. The topological polar surface area (TPSA) is 38.9 Å². The Morgan fingerprint density at radius 3 is 2.23 bits per heavy atom. The van der Waals surface area contributed by atoms with Crippen LogP contribution >= 0.6 is 0 Å². The summed E-state index contributed by atoms with van der Waals surface area (Å²) in [4.78, 5) is 4.51. The molecule has 0 aliphatic carbocycles. The molecular weight excluding hydrogens is 272 g/mol. The smallest absolute Gasteiger partial charge is 0.257 e. The highest BCUT2D eigenvalue weighted by Gasteiger charge is 2.08. The van der Waals surface area contributed by atoms with Crippen molar-refractivity contribution in [3.63, 3.8) is 0 Å². The van der Waals surface area contributed by atoms with Gasteiger partial charge in [0.1, 0.15) is 0 Å². The molecule has 1 heterocycles. The Kier molecular flexibility index (Phi) is 7.14. The molecule has 0 saturated heterocycles. The van der Waals surface area contributed by atoms with Crippen molar-refractivity contribution in [2.24, 2.45) is 0 Å². The van der Waals surface area contributed by atoms with Gasteiger partial charge in [0.15, 0.2) is 5.82 Å². The van der Waals surface area contributed by atoms with E-state index < -0.39 is 0 Å². The summed E-state index contributed by atoms with van der Waals surface area (Å²) in [7, 11) is 0. The van der Waals surface area contributed by atoms with Gasteiger partial charge >= 0.3 is 0 Å². The first-order chi connectivity index (χ1) is 10.8. The van der Waals surface area contributed by atoms with Crippen molar-refractivity contribution in [1.82, 2.24) is 10.1 Å². The fraction of sp³-hybridized carbons (Fsp3) is 0.579. The number of benzene rings is 1. The van der Waals surface area contributed by atoms with Gasteiger partial charge in [-0.15, -0.1) is 0 Å². The summed E-state index contributed by atoms with van der Waals surface area (Å²) in [5, 5.41) is 4.10. The molecule has 0 saturated carbocycles. The molecule has 1 aromatic heterocycles. The summed E-state index contributed by atoms with van der Waals surface area (Å²) in [6.07, 6.45) is 11.1.